The van der Waals surface area contributed by atoms with Crippen molar-refractivity contribution in [2.24, 2.45) is 22.5 Å². The van der Waals surface area contributed by atoms with Gasteiger partial charge in [-0.15, -0.1) is 0 Å². The average Bonchev–Trinajstić information content (AvgIpc) is 3.11. The number of aryl methyl sites for hydroxylation is 1. The molecule has 2 N–H and O–H groups in total. The first-order chi connectivity index (χ1) is 11.2. The summed E-state index contributed by atoms with van der Waals surface area (Å²) in [6, 6.07) is 8.81. The summed E-state index contributed by atoms with van der Waals surface area (Å²) in [7, 11) is 1.60. The molecule has 4 unspecified atom stereocenters. The molecule has 3 rings (SSSR count). The molecule has 2 aliphatic rings. The zero-order valence-electron chi connectivity index (χ0n) is 15.2. The fourth-order valence-electron chi connectivity index (χ4n) is 4.67. The predicted molar refractivity (Wildman–Crippen MR) is 96.5 cm³/mol. The molecule has 1 amide bonds. The monoisotopic (exact) mass is 325 g/mol. The van der Waals surface area contributed by atoms with E-state index in [-0.39, 0.29) is 16.9 Å². The number of hydrogen-bond acceptors (Lipinski definition) is 2. The molecule has 0 radical (unpaired) electrons. The lowest BCUT2D eigenvalue weighted by atomic mass is 9.75. The lowest BCUT2D eigenvalue weighted by Gasteiger charge is -2.31. The van der Waals surface area contributed by atoms with Gasteiger partial charge in [0.25, 0.3) is 0 Å². The molecule has 0 heterocycles. The molecule has 0 bridgehead atoms. The molecule has 1 saturated carbocycles. The van der Waals surface area contributed by atoms with E-state index >= 15 is 0 Å². The molecule has 4 atom stereocenters. The second-order valence-corrected chi connectivity index (χ2v) is 8.03. The molecule has 0 aromatic heterocycles. The smallest absolute Gasteiger partial charge is 0.247 e. The van der Waals surface area contributed by atoms with Gasteiger partial charge in [0.15, 0.2) is 0 Å². The number of carbonyl (C=O) groups excluding carboxylic acids is 1. The normalized spacial score (nSPS) is 33.9. The van der Waals surface area contributed by atoms with E-state index in [0.717, 1.165) is 0 Å². The quantitative estimate of drug-likeness (QED) is 0.857. The number of allylic oxidation sites excluding steroid dienone is 2. The van der Waals surface area contributed by atoms with Gasteiger partial charge in [0.05, 0.1) is 0 Å². The van der Waals surface area contributed by atoms with Crippen LogP contribution in [-0.2, 0) is 9.53 Å². The molecular formula is C21H27NO2. The van der Waals surface area contributed by atoms with Crippen LogP contribution in [0, 0.1) is 23.7 Å². The Kier molecular flexibility index (Phi) is 3.95. The van der Waals surface area contributed by atoms with Crippen molar-refractivity contribution in [3.8, 4) is 0 Å². The van der Waals surface area contributed by atoms with Crippen molar-refractivity contribution in [1.82, 2.24) is 0 Å². The summed E-state index contributed by atoms with van der Waals surface area (Å²) in [6.45, 7) is 8.92. The van der Waals surface area contributed by atoms with Crippen molar-refractivity contribution < 1.29 is 9.53 Å². The van der Waals surface area contributed by atoms with Gasteiger partial charge < -0.3 is 10.5 Å². The van der Waals surface area contributed by atoms with Crippen LogP contribution in [-0.4, -0.2) is 19.1 Å². The van der Waals surface area contributed by atoms with Crippen LogP contribution >= 0.6 is 0 Å². The minimum absolute atomic E-state index is 0.174. The Labute approximate surface area is 144 Å². The molecule has 0 saturated heterocycles. The van der Waals surface area contributed by atoms with Crippen LogP contribution in [0.3, 0.4) is 0 Å². The maximum absolute atomic E-state index is 11.8. The third-order valence-electron chi connectivity index (χ3n) is 5.88. The number of methoxy groups -OCH3 is 1. The molecule has 2 aliphatic carbocycles. The molecule has 1 aromatic rings. The summed E-state index contributed by atoms with van der Waals surface area (Å²) in [6.07, 6.45) is 5.86. The first kappa shape index (κ1) is 17.0. The van der Waals surface area contributed by atoms with Gasteiger partial charge in [0.1, 0.15) is 6.10 Å². The number of ether oxygens (including phenoxy) is 1. The Balaban J connectivity index is 1.96. The average molecular weight is 325 g/mol. The van der Waals surface area contributed by atoms with E-state index in [1.54, 1.807) is 7.11 Å². The number of rotatable bonds is 4. The summed E-state index contributed by atoms with van der Waals surface area (Å²) in [5, 5.41) is 0. The first-order valence-electron chi connectivity index (χ1n) is 8.52. The highest BCUT2D eigenvalue weighted by Crippen LogP contribution is 2.71. The zero-order chi connectivity index (χ0) is 17.7. The highest BCUT2D eigenvalue weighted by molar-refractivity contribution is 5.94. The van der Waals surface area contributed by atoms with Gasteiger partial charge in [-0.3, -0.25) is 4.79 Å². The Bertz CT molecular complexity index is 714. The number of benzene rings is 1. The highest BCUT2D eigenvalue weighted by Gasteiger charge is 2.64. The fourth-order valence-corrected chi connectivity index (χ4v) is 4.67. The molecule has 24 heavy (non-hydrogen) atoms. The van der Waals surface area contributed by atoms with Crippen LogP contribution in [0.5, 0.6) is 0 Å². The number of primary amides is 1. The summed E-state index contributed by atoms with van der Waals surface area (Å²) < 4.78 is 5.38. The van der Waals surface area contributed by atoms with Crippen LogP contribution in [0.1, 0.15) is 37.8 Å². The third kappa shape index (κ3) is 2.61. The van der Waals surface area contributed by atoms with Crippen molar-refractivity contribution in [2.75, 3.05) is 7.11 Å². The van der Waals surface area contributed by atoms with E-state index in [9.17, 15) is 4.79 Å². The van der Waals surface area contributed by atoms with Crippen molar-refractivity contribution in [1.29, 1.82) is 0 Å². The van der Waals surface area contributed by atoms with E-state index in [0.29, 0.717) is 17.4 Å². The summed E-state index contributed by atoms with van der Waals surface area (Å²) in [5.41, 5.74) is 8.77. The van der Waals surface area contributed by atoms with E-state index < -0.39 is 5.91 Å². The lowest BCUT2D eigenvalue weighted by molar-refractivity contribution is -0.115. The Morgan fingerprint density at radius 1 is 1.17 bits per heavy atom. The van der Waals surface area contributed by atoms with E-state index in [1.807, 2.05) is 12.2 Å². The second-order valence-electron chi connectivity index (χ2n) is 8.03. The minimum atomic E-state index is -0.400. The van der Waals surface area contributed by atoms with Crippen molar-refractivity contribution in [3.63, 3.8) is 0 Å². The fraction of sp³-hybridized carbons (Fsp3) is 0.476. The largest absolute Gasteiger partial charge is 0.372 e. The molecular weight excluding hydrogens is 298 g/mol. The Hall–Kier alpha value is -1.87. The number of nitrogens with two attached hydrogens (primary N) is 1. The Morgan fingerprint density at radius 2 is 1.79 bits per heavy atom. The molecule has 3 heteroatoms. The van der Waals surface area contributed by atoms with Crippen LogP contribution in [0.15, 0.2) is 48.1 Å². The van der Waals surface area contributed by atoms with Gasteiger partial charge in [-0.05, 0) is 29.7 Å². The third-order valence-corrected chi connectivity index (χ3v) is 5.88. The van der Waals surface area contributed by atoms with E-state index in [1.165, 1.54) is 11.1 Å². The van der Waals surface area contributed by atoms with Crippen molar-refractivity contribution in [2.45, 2.75) is 39.7 Å². The van der Waals surface area contributed by atoms with Gasteiger partial charge in [0.2, 0.25) is 5.91 Å². The van der Waals surface area contributed by atoms with Crippen LogP contribution in [0.2, 0.25) is 0 Å². The first-order valence-corrected chi connectivity index (χ1v) is 8.52. The maximum atomic E-state index is 11.8. The van der Waals surface area contributed by atoms with Crippen LogP contribution in [0.4, 0.5) is 0 Å². The lowest BCUT2D eigenvalue weighted by Crippen LogP contribution is -2.31. The topological polar surface area (TPSA) is 52.3 Å². The number of amides is 1. The number of carbonyl (C=O) groups is 1. The van der Waals surface area contributed by atoms with Gasteiger partial charge in [-0.1, -0.05) is 68.8 Å². The molecule has 1 aromatic carbocycles. The summed E-state index contributed by atoms with van der Waals surface area (Å²) in [4.78, 5) is 11.8. The highest BCUT2D eigenvalue weighted by atomic mass is 16.5. The van der Waals surface area contributed by atoms with Gasteiger partial charge in [0, 0.05) is 18.1 Å². The zero-order valence-corrected chi connectivity index (χ0v) is 15.2. The Morgan fingerprint density at radius 3 is 2.33 bits per heavy atom. The van der Waals surface area contributed by atoms with Gasteiger partial charge >= 0.3 is 0 Å². The predicted octanol–water partition coefficient (Wildman–Crippen LogP) is 3.74. The van der Waals surface area contributed by atoms with Crippen molar-refractivity contribution in [3.05, 3.63) is 59.2 Å². The maximum Gasteiger partial charge on any atom is 0.247 e. The molecule has 0 aliphatic heterocycles. The van der Waals surface area contributed by atoms with E-state index in [2.05, 4.69) is 58.0 Å². The second kappa shape index (κ2) is 5.59. The van der Waals surface area contributed by atoms with Gasteiger partial charge in [-0.25, -0.2) is 0 Å². The SMILES string of the molecule is COC1C=CC(C)(C2C(c3ccc(C)cc3)C2(C)C)C=C1C(N)=O. The van der Waals surface area contributed by atoms with Crippen LogP contribution in [0.25, 0.3) is 0 Å². The standard InChI is InChI=1S/C21H27NO2/c1-13-6-8-14(9-7-13)17-18(20(17,2)3)21(4)11-10-16(24-5)15(12-21)19(22)23/h6-12,16-18H,1-5H3,(H2,22,23). The molecule has 1 fully saturated rings. The van der Waals surface area contributed by atoms with Gasteiger partial charge in [-0.2, -0.15) is 0 Å². The summed E-state index contributed by atoms with van der Waals surface area (Å²) in [5.74, 6) is 0.496. The van der Waals surface area contributed by atoms with E-state index in [4.69, 9.17) is 10.5 Å². The molecule has 3 nitrogen and oxygen atoms in total. The van der Waals surface area contributed by atoms with Crippen molar-refractivity contribution >= 4 is 5.91 Å². The van der Waals surface area contributed by atoms with Crippen LogP contribution < -0.4 is 5.73 Å². The molecule has 128 valence electrons. The minimum Gasteiger partial charge on any atom is -0.372 e. The molecule has 0 spiro atoms. The summed E-state index contributed by atoms with van der Waals surface area (Å²) >= 11 is 0. The number of hydrogen-bond donors (Lipinski definition) is 1.